The van der Waals surface area contributed by atoms with Gasteiger partial charge in [-0.2, -0.15) is 4.31 Å². The Bertz CT molecular complexity index is 1320. The van der Waals surface area contributed by atoms with Gasteiger partial charge in [-0.1, -0.05) is 42.5 Å². The smallest absolute Gasteiger partial charge is 0.275 e. The summed E-state index contributed by atoms with van der Waals surface area (Å²) in [4.78, 5) is 21.2. The maximum Gasteiger partial charge on any atom is 0.275 e. The first kappa shape index (κ1) is 20.6. The highest BCUT2D eigenvalue weighted by molar-refractivity contribution is 7.89. The van der Waals surface area contributed by atoms with Gasteiger partial charge < -0.3 is 5.32 Å². The standard InChI is InChI=1S/C23H20N4O3S/c1-27(16-17-7-3-2-4-8-17)31(29,30)19-13-11-18(12-14-19)25-23(28)22-15-24-20-9-5-6-10-21(20)26-22/h2-15H,16H2,1H3,(H,25,28). The van der Waals surface area contributed by atoms with E-state index >= 15 is 0 Å². The molecule has 0 saturated heterocycles. The maximum atomic E-state index is 12.8. The largest absolute Gasteiger partial charge is 0.321 e. The SMILES string of the molecule is CN(Cc1ccccc1)S(=O)(=O)c1ccc(NC(=O)c2cnc3ccccc3n2)cc1. The Hall–Kier alpha value is -3.62. The van der Waals surface area contributed by atoms with E-state index in [2.05, 4.69) is 15.3 Å². The van der Waals surface area contributed by atoms with E-state index < -0.39 is 15.9 Å². The molecule has 0 atom stereocenters. The number of hydrogen-bond donors (Lipinski definition) is 1. The van der Waals surface area contributed by atoms with Crippen LogP contribution in [0.4, 0.5) is 5.69 Å². The van der Waals surface area contributed by atoms with Crippen molar-refractivity contribution in [2.75, 3.05) is 12.4 Å². The van der Waals surface area contributed by atoms with Crippen LogP contribution in [-0.4, -0.2) is 35.6 Å². The summed E-state index contributed by atoms with van der Waals surface area (Å²) in [6, 6.07) is 22.7. The quantitative estimate of drug-likeness (QED) is 0.502. The van der Waals surface area contributed by atoms with Crippen molar-refractivity contribution in [2.24, 2.45) is 0 Å². The lowest BCUT2D eigenvalue weighted by molar-refractivity contribution is 0.102. The summed E-state index contributed by atoms with van der Waals surface area (Å²) in [5.74, 6) is -0.421. The number of benzene rings is 3. The highest BCUT2D eigenvalue weighted by atomic mass is 32.2. The zero-order valence-corrected chi connectivity index (χ0v) is 17.6. The molecular formula is C23H20N4O3S. The fraction of sp³-hybridized carbons (Fsp3) is 0.0870. The summed E-state index contributed by atoms with van der Waals surface area (Å²) in [7, 11) is -2.12. The molecule has 0 aliphatic carbocycles. The number of carbonyl (C=O) groups excluding carboxylic acids is 1. The molecule has 156 valence electrons. The van der Waals surface area contributed by atoms with Gasteiger partial charge in [-0.3, -0.25) is 9.78 Å². The molecule has 0 aliphatic rings. The van der Waals surface area contributed by atoms with Gasteiger partial charge in [0, 0.05) is 19.3 Å². The molecule has 7 nitrogen and oxygen atoms in total. The van der Waals surface area contributed by atoms with Gasteiger partial charge in [0.05, 0.1) is 22.1 Å². The molecule has 31 heavy (non-hydrogen) atoms. The molecule has 0 saturated carbocycles. The van der Waals surface area contributed by atoms with Crippen molar-refractivity contribution in [2.45, 2.75) is 11.4 Å². The Labute approximate surface area is 180 Å². The molecule has 8 heteroatoms. The van der Waals surface area contributed by atoms with E-state index in [-0.39, 0.29) is 17.1 Å². The van der Waals surface area contributed by atoms with E-state index in [1.165, 1.54) is 29.7 Å². The van der Waals surface area contributed by atoms with Crippen molar-refractivity contribution in [1.82, 2.24) is 14.3 Å². The number of fused-ring (bicyclic) bond motifs is 1. The number of aromatic nitrogens is 2. The van der Waals surface area contributed by atoms with Crippen LogP contribution in [0.25, 0.3) is 11.0 Å². The lowest BCUT2D eigenvalue weighted by atomic mass is 10.2. The molecule has 1 heterocycles. The zero-order chi connectivity index (χ0) is 21.8. The number of amides is 1. The molecule has 4 rings (SSSR count). The van der Waals surface area contributed by atoms with Crippen LogP contribution < -0.4 is 5.32 Å². The minimum Gasteiger partial charge on any atom is -0.321 e. The van der Waals surface area contributed by atoms with Crippen molar-refractivity contribution in [1.29, 1.82) is 0 Å². The number of rotatable bonds is 6. The average Bonchev–Trinajstić information content (AvgIpc) is 2.79. The normalized spacial score (nSPS) is 11.5. The van der Waals surface area contributed by atoms with Crippen LogP contribution in [0.1, 0.15) is 16.1 Å². The molecule has 0 unspecified atom stereocenters. The molecule has 1 amide bonds. The Morgan fingerprint density at radius 2 is 1.55 bits per heavy atom. The van der Waals surface area contributed by atoms with Gasteiger partial charge in [0.2, 0.25) is 10.0 Å². The second kappa shape index (κ2) is 8.63. The van der Waals surface area contributed by atoms with E-state index in [1.807, 2.05) is 48.5 Å². The molecule has 4 aromatic rings. The van der Waals surface area contributed by atoms with Crippen molar-refractivity contribution < 1.29 is 13.2 Å². The van der Waals surface area contributed by atoms with E-state index in [0.717, 1.165) is 5.56 Å². The third-order valence-electron chi connectivity index (χ3n) is 4.75. The predicted octanol–water partition coefficient (Wildman–Crippen LogP) is 3.70. The van der Waals surface area contributed by atoms with E-state index in [9.17, 15) is 13.2 Å². The zero-order valence-electron chi connectivity index (χ0n) is 16.8. The van der Waals surface area contributed by atoms with Crippen molar-refractivity contribution in [3.05, 3.63) is 96.3 Å². The van der Waals surface area contributed by atoms with Crippen LogP contribution in [-0.2, 0) is 16.6 Å². The van der Waals surface area contributed by atoms with Crippen LogP contribution >= 0.6 is 0 Å². The van der Waals surface area contributed by atoms with Gasteiger partial charge >= 0.3 is 0 Å². The molecule has 0 spiro atoms. The van der Waals surface area contributed by atoms with Gasteiger partial charge in [0.25, 0.3) is 5.91 Å². The predicted molar refractivity (Wildman–Crippen MR) is 119 cm³/mol. The maximum absolute atomic E-state index is 12.8. The third kappa shape index (κ3) is 4.60. The van der Waals surface area contributed by atoms with Crippen LogP contribution in [0.2, 0.25) is 0 Å². The molecule has 0 bridgehead atoms. The van der Waals surface area contributed by atoms with Crippen molar-refractivity contribution >= 4 is 32.7 Å². The first-order chi connectivity index (χ1) is 14.9. The number of carbonyl (C=O) groups is 1. The molecule has 0 aliphatic heterocycles. The minimum absolute atomic E-state index is 0.148. The van der Waals surface area contributed by atoms with Gasteiger partial charge in [-0.25, -0.2) is 13.4 Å². The van der Waals surface area contributed by atoms with Crippen LogP contribution in [0, 0.1) is 0 Å². The minimum atomic E-state index is -3.66. The lowest BCUT2D eigenvalue weighted by Crippen LogP contribution is -2.26. The Balaban J connectivity index is 1.47. The van der Waals surface area contributed by atoms with Crippen molar-refractivity contribution in [3.63, 3.8) is 0 Å². The summed E-state index contributed by atoms with van der Waals surface area (Å²) in [5.41, 5.74) is 2.86. The monoisotopic (exact) mass is 432 g/mol. The van der Waals surface area contributed by atoms with Gasteiger partial charge in [0.15, 0.2) is 0 Å². The summed E-state index contributed by atoms with van der Waals surface area (Å²) in [5, 5.41) is 2.72. The van der Waals surface area contributed by atoms with Crippen LogP contribution in [0.3, 0.4) is 0 Å². The van der Waals surface area contributed by atoms with Crippen LogP contribution in [0.5, 0.6) is 0 Å². The first-order valence-electron chi connectivity index (χ1n) is 9.57. The highest BCUT2D eigenvalue weighted by Crippen LogP contribution is 2.20. The van der Waals surface area contributed by atoms with E-state index in [1.54, 1.807) is 18.2 Å². The molecule has 0 fully saturated rings. The fourth-order valence-corrected chi connectivity index (χ4v) is 4.24. The number of sulfonamides is 1. The van der Waals surface area contributed by atoms with E-state index in [0.29, 0.717) is 16.7 Å². The summed E-state index contributed by atoms with van der Waals surface area (Å²) in [6.45, 7) is 0.266. The first-order valence-corrected chi connectivity index (χ1v) is 11.0. The van der Waals surface area contributed by atoms with Crippen molar-refractivity contribution in [3.8, 4) is 0 Å². The number of nitrogens with one attached hydrogen (secondary N) is 1. The van der Waals surface area contributed by atoms with Gasteiger partial charge in [-0.15, -0.1) is 0 Å². The molecule has 3 aromatic carbocycles. The summed E-state index contributed by atoms with van der Waals surface area (Å²) < 4.78 is 27.0. The van der Waals surface area contributed by atoms with Gasteiger partial charge in [0.1, 0.15) is 5.69 Å². The molecule has 0 radical (unpaired) electrons. The van der Waals surface area contributed by atoms with E-state index in [4.69, 9.17) is 0 Å². The van der Waals surface area contributed by atoms with Crippen LogP contribution in [0.15, 0.2) is 90.0 Å². The summed E-state index contributed by atoms with van der Waals surface area (Å²) >= 11 is 0. The average molecular weight is 433 g/mol. The second-order valence-electron chi connectivity index (χ2n) is 6.97. The number of nitrogens with zero attached hydrogens (tertiary/aromatic N) is 3. The third-order valence-corrected chi connectivity index (χ3v) is 6.57. The fourth-order valence-electron chi connectivity index (χ4n) is 3.08. The Morgan fingerprint density at radius 1 is 0.903 bits per heavy atom. The molecular weight excluding hydrogens is 412 g/mol. The molecule has 1 aromatic heterocycles. The number of hydrogen-bond acceptors (Lipinski definition) is 5. The number of anilines is 1. The Morgan fingerprint density at radius 3 is 2.26 bits per heavy atom. The lowest BCUT2D eigenvalue weighted by Gasteiger charge is -2.17. The topological polar surface area (TPSA) is 92.3 Å². The summed E-state index contributed by atoms with van der Waals surface area (Å²) in [6.07, 6.45) is 1.41. The molecule has 1 N–H and O–H groups in total. The highest BCUT2D eigenvalue weighted by Gasteiger charge is 2.21. The second-order valence-corrected chi connectivity index (χ2v) is 9.01. The number of para-hydroxylation sites is 2. The Kier molecular flexibility index (Phi) is 5.75. The van der Waals surface area contributed by atoms with Gasteiger partial charge in [-0.05, 0) is 42.0 Å².